The van der Waals surface area contributed by atoms with Gasteiger partial charge in [-0.1, -0.05) is 24.3 Å². The van der Waals surface area contributed by atoms with Crippen molar-refractivity contribution in [2.24, 2.45) is 0 Å². The van der Waals surface area contributed by atoms with Crippen molar-refractivity contribution in [3.05, 3.63) is 99.1 Å². The molecule has 0 saturated carbocycles. The Kier molecular flexibility index (Phi) is 7.68. The summed E-state index contributed by atoms with van der Waals surface area (Å²) in [5.41, 5.74) is 5.06. The highest BCUT2D eigenvalue weighted by Crippen LogP contribution is 2.29. The van der Waals surface area contributed by atoms with Gasteiger partial charge in [-0.2, -0.15) is 0 Å². The van der Waals surface area contributed by atoms with Crippen LogP contribution in [0.2, 0.25) is 0 Å². The number of hydrogen-bond donors (Lipinski definition) is 5. The van der Waals surface area contributed by atoms with Gasteiger partial charge >= 0.3 is 12.1 Å². The van der Waals surface area contributed by atoms with Gasteiger partial charge < -0.3 is 25.5 Å². The summed E-state index contributed by atoms with van der Waals surface area (Å²) in [7, 11) is 0. The summed E-state index contributed by atoms with van der Waals surface area (Å²) in [5, 5.41) is 18.8. The number of carbonyl (C=O) groups is 3. The largest absolute Gasteiger partial charge is 0.481 e. The Morgan fingerprint density at radius 1 is 1.05 bits per heavy atom. The Morgan fingerprint density at radius 2 is 1.83 bits per heavy atom. The highest BCUT2D eigenvalue weighted by atomic mass is 16.5. The Labute approximate surface area is 235 Å². The van der Waals surface area contributed by atoms with Gasteiger partial charge in [0.15, 0.2) is 0 Å². The molecule has 2 aliphatic heterocycles. The third kappa shape index (κ3) is 6.19. The number of amides is 2. The molecule has 4 bridgehead atoms. The third-order valence-corrected chi connectivity index (χ3v) is 7.08. The summed E-state index contributed by atoms with van der Waals surface area (Å²) >= 11 is 0. The maximum atomic E-state index is 14.0. The van der Waals surface area contributed by atoms with E-state index in [-0.39, 0.29) is 18.6 Å². The zero-order chi connectivity index (χ0) is 29.1. The SMILES string of the molecule is Cc1cc2cc(C)c1CCOC(=O)Nc1cccc(c1)[C@@H](CC(=O)O)NC(=O)[C@@H]2Nc1ccc2nc[nH]c(=O)c2c1. The lowest BCUT2D eigenvalue weighted by Crippen LogP contribution is -2.37. The van der Waals surface area contributed by atoms with Gasteiger partial charge in [-0.25, -0.2) is 9.78 Å². The van der Waals surface area contributed by atoms with Crippen molar-refractivity contribution >= 4 is 40.2 Å². The van der Waals surface area contributed by atoms with Crippen LogP contribution >= 0.6 is 0 Å². The first kappa shape index (κ1) is 27.4. The smallest absolute Gasteiger partial charge is 0.411 e. The number of carboxylic acid groups (broad SMARTS) is 1. The van der Waals surface area contributed by atoms with Crippen LogP contribution in [0.1, 0.15) is 46.3 Å². The maximum Gasteiger partial charge on any atom is 0.411 e. The van der Waals surface area contributed by atoms with Gasteiger partial charge in [0, 0.05) is 17.8 Å². The number of aliphatic carboxylic acids is 1. The first-order valence-electron chi connectivity index (χ1n) is 13.1. The van der Waals surface area contributed by atoms with Crippen LogP contribution in [0.5, 0.6) is 0 Å². The van der Waals surface area contributed by atoms with Crippen LogP contribution in [0.15, 0.2) is 65.7 Å². The highest BCUT2D eigenvalue weighted by molar-refractivity contribution is 5.89. The van der Waals surface area contributed by atoms with E-state index in [2.05, 4.69) is 25.9 Å². The molecule has 0 radical (unpaired) electrons. The van der Waals surface area contributed by atoms with Gasteiger partial charge in [-0.05, 0) is 72.0 Å². The fourth-order valence-electron chi connectivity index (χ4n) is 5.13. The zero-order valence-electron chi connectivity index (χ0n) is 22.5. The van der Waals surface area contributed by atoms with Crippen LogP contribution in [-0.2, 0) is 20.7 Å². The molecule has 3 heterocycles. The first-order chi connectivity index (χ1) is 19.7. The van der Waals surface area contributed by atoms with Crippen molar-refractivity contribution in [1.82, 2.24) is 15.3 Å². The molecule has 2 aliphatic rings. The van der Waals surface area contributed by atoms with Crippen LogP contribution in [0.4, 0.5) is 16.2 Å². The summed E-state index contributed by atoms with van der Waals surface area (Å²) in [4.78, 5) is 57.3. The Bertz CT molecular complexity index is 1690. The number of aromatic amines is 1. The highest BCUT2D eigenvalue weighted by Gasteiger charge is 2.27. The van der Waals surface area contributed by atoms with Crippen molar-refractivity contribution in [3.63, 3.8) is 0 Å². The first-order valence-corrected chi connectivity index (χ1v) is 13.1. The molecule has 2 amide bonds. The van der Waals surface area contributed by atoms with E-state index in [1.54, 1.807) is 42.5 Å². The molecule has 0 aliphatic carbocycles. The summed E-state index contributed by atoms with van der Waals surface area (Å²) in [5.74, 6) is -1.57. The monoisotopic (exact) mass is 555 g/mol. The van der Waals surface area contributed by atoms with Crippen molar-refractivity contribution in [2.45, 2.75) is 38.8 Å². The number of hydrogen-bond acceptors (Lipinski definition) is 7. The number of benzene rings is 3. The number of carbonyl (C=O) groups excluding carboxylic acids is 2. The number of aromatic nitrogens is 2. The van der Waals surface area contributed by atoms with Crippen molar-refractivity contribution in [1.29, 1.82) is 0 Å². The van der Waals surface area contributed by atoms with E-state index in [1.165, 1.54) is 6.33 Å². The second-order valence-corrected chi connectivity index (χ2v) is 9.97. The molecule has 6 rings (SSSR count). The van der Waals surface area contributed by atoms with Gasteiger partial charge in [0.1, 0.15) is 6.04 Å². The lowest BCUT2D eigenvalue weighted by Gasteiger charge is -2.26. The van der Waals surface area contributed by atoms with E-state index in [0.29, 0.717) is 39.8 Å². The Morgan fingerprint density at radius 3 is 2.59 bits per heavy atom. The van der Waals surface area contributed by atoms with Crippen LogP contribution in [0.3, 0.4) is 0 Å². The van der Waals surface area contributed by atoms with E-state index >= 15 is 0 Å². The van der Waals surface area contributed by atoms with Crippen LogP contribution in [-0.4, -0.2) is 39.7 Å². The number of fused-ring (bicyclic) bond motifs is 10. The molecule has 0 fully saturated rings. The molecule has 3 aromatic carbocycles. The molecular formula is C30H29N5O6. The fraction of sp³-hybridized carbons (Fsp3) is 0.233. The number of anilines is 2. The quantitative estimate of drug-likeness (QED) is 0.251. The molecule has 41 heavy (non-hydrogen) atoms. The average Bonchev–Trinajstić information content (AvgIpc) is 2.92. The standard InChI is InChI=1S/C30H29N5O6/c1-16-10-19-11-17(2)22(16)8-9-41-30(40)34-20-5-3-4-18(12-20)25(14-26(36)37)35-29(39)27(19)33-21-6-7-24-23(13-21)28(38)32-15-31-24/h3-7,10-13,15,25,27,33H,8-9,14H2,1-2H3,(H,34,40)(H,35,39)(H,36,37)(H,31,32,38)/t25-,27-/m1/s1. The van der Waals surface area contributed by atoms with Gasteiger partial charge in [-0.15, -0.1) is 0 Å². The number of ether oxygens (including phenoxy) is 1. The van der Waals surface area contributed by atoms with Crippen LogP contribution in [0, 0.1) is 13.8 Å². The topological polar surface area (TPSA) is 163 Å². The summed E-state index contributed by atoms with van der Waals surface area (Å²) < 4.78 is 5.40. The maximum absolute atomic E-state index is 14.0. The van der Waals surface area contributed by atoms with Gasteiger partial charge in [0.2, 0.25) is 5.91 Å². The molecule has 5 N–H and O–H groups in total. The van der Waals surface area contributed by atoms with Gasteiger partial charge in [0.25, 0.3) is 5.56 Å². The molecule has 210 valence electrons. The van der Waals surface area contributed by atoms with E-state index in [9.17, 15) is 24.3 Å². The molecule has 11 heteroatoms. The number of H-pyrrole nitrogens is 1. The van der Waals surface area contributed by atoms with Crippen LogP contribution < -0.4 is 21.5 Å². The number of nitrogens with zero attached hydrogens (tertiary/aromatic N) is 1. The second kappa shape index (κ2) is 11.5. The molecule has 0 saturated heterocycles. The number of carboxylic acids is 1. The number of aryl methyl sites for hydroxylation is 2. The Hall–Kier alpha value is -5.19. The molecular weight excluding hydrogens is 526 g/mol. The lowest BCUT2D eigenvalue weighted by molar-refractivity contribution is -0.137. The molecule has 0 unspecified atom stereocenters. The van der Waals surface area contributed by atoms with Crippen molar-refractivity contribution < 1.29 is 24.2 Å². The lowest BCUT2D eigenvalue weighted by atomic mass is 9.93. The van der Waals surface area contributed by atoms with E-state index in [4.69, 9.17) is 4.74 Å². The normalized spacial score (nSPS) is 17.4. The van der Waals surface area contributed by atoms with E-state index in [0.717, 1.165) is 16.7 Å². The predicted octanol–water partition coefficient (Wildman–Crippen LogP) is 4.13. The molecule has 1 aromatic heterocycles. The minimum atomic E-state index is -1.11. The van der Waals surface area contributed by atoms with Crippen molar-refractivity contribution in [3.8, 4) is 0 Å². The molecule has 2 atom stereocenters. The fourth-order valence-corrected chi connectivity index (χ4v) is 5.13. The zero-order valence-corrected chi connectivity index (χ0v) is 22.5. The van der Waals surface area contributed by atoms with E-state index in [1.807, 2.05) is 26.0 Å². The minimum Gasteiger partial charge on any atom is -0.481 e. The summed E-state index contributed by atoms with van der Waals surface area (Å²) in [6, 6.07) is 13.6. The summed E-state index contributed by atoms with van der Waals surface area (Å²) in [6.07, 6.45) is 0.791. The second-order valence-electron chi connectivity index (χ2n) is 9.97. The number of nitrogens with one attached hydrogen (secondary N) is 4. The Balaban J connectivity index is 1.60. The van der Waals surface area contributed by atoms with E-state index < -0.39 is 30.1 Å². The molecule has 11 nitrogen and oxygen atoms in total. The van der Waals surface area contributed by atoms with Crippen LogP contribution in [0.25, 0.3) is 10.9 Å². The molecule has 0 spiro atoms. The number of rotatable bonds is 4. The van der Waals surface area contributed by atoms with Gasteiger partial charge in [0.05, 0.1) is 36.3 Å². The van der Waals surface area contributed by atoms with Crippen molar-refractivity contribution in [2.75, 3.05) is 17.2 Å². The minimum absolute atomic E-state index is 0.149. The summed E-state index contributed by atoms with van der Waals surface area (Å²) in [6.45, 7) is 3.99. The third-order valence-electron chi connectivity index (χ3n) is 7.08. The van der Waals surface area contributed by atoms with Gasteiger partial charge in [-0.3, -0.25) is 19.7 Å². The predicted molar refractivity (Wildman–Crippen MR) is 153 cm³/mol. The molecule has 4 aromatic rings. The average molecular weight is 556 g/mol.